The van der Waals surface area contributed by atoms with E-state index < -0.39 is 22.0 Å². The first kappa shape index (κ1) is 16.7. The first-order valence-electron chi connectivity index (χ1n) is 8.64. The Bertz CT molecular complexity index is 792. The molecule has 3 atom stereocenters. The molecule has 0 bridgehead atoms. The van der Waals surface area contributed by atoms with Gasteiger partial charge in [0, 0.05) is 12.1 Å². The van der Waals surface area contributed by atoms with Crippen LogP contribution in [0.4, 0.5) is 0 Å². The number of ether oxygens (including phenoxy) is 2. The lowest BCUT2D eigenvalue weighted by molar-refractivity contribution is -0.141. The maximum Gasteiger partial charge on any atom is 0.322 e. The van der Waals surface area contributed by atoms with Gasteiger partial charge in [-0.15, -0.1) is 0 Å². The second kappa shape index (κ2) is 6.17. The molecule has 1 saturated carbocycles. The van der Waals surface area contributed by atoms with Crippen LogP contribution < -0.4 is 9.47 Å². The zero-order chi connectivity index (χ0) is 17.6. The number of benzene rings is 1. The molecule has 0 radical (unpaired) electrons. The van der Waals surface area contributed by atoms with Crippen LogP contribution in [-0.2, 0) is 14.8 Å². The second-order valence-electron chi connectivity index (χ2n) is 6.84. The number of hydrogen-bond acceptors (Lipinski definition) is 5. The molecule has 2 heterocycles. The number of aliphatic carboxylic acids is 1. The predicted molar refractivity (Wildman–Crippen MR) is 88.2 cm³/mol. The van der Waals surface area contributed by atoms with Gasteiger partial charge in [0.1, 0.15) is 19.3 Å². The molecule has 1 aliphatic carbocycles. The third-order valence-electron chi connectivity index (χ3n) is 5.40. The molecule has 0 unspecified atom stereocenters. The van der Waals surface area contributed by atoms with Crippen LogP contribution in [0, 0.1) is 5.92 Å². The molecular formula is C17H21NO6S. The molecule has 2 fully saturated rings. The Morgan fingerprint density at radius 3 is 2.60 bits per heavy atom. The standard InChI is InChI=1S/C17H21NO6S/c19-17(20)14-9-11-3-1-2-4-13(11)18(14)25(21,22)12-5-6-15-16(10-12)24-8-7-23-15/h5-6,10-11,13-14H,1-4,7-9H2,(H,19,20)/t11-,13-,14+/m0/s1. The molecule has 1 saturated heterocycles. The molecule has 1 N–H and O–H groups in total. The highest BCUT2D eigenvalue weighted by atomic mass is 32.2. The molecule has 3 aliphatic rings. The van der Waals surface area contributed by atoms with Crippen molar-refractivity contribution in [2.24, 2.45) is 5.92 Å². The smallest absolute Gasteiger partial charge is 0.322 e. The molecular weight excluding hydrogens is 346 g/mol. The van der Waals surface area contributed by atoms with Gasteiger partial charge in [-0.1, -0.05) is 12.8 Å². The summed E-state index contributed by atoms with van der Waals surface area (Å²) >= 11 is 0. The van der Waals surface area contributed by atoms with E-state index in [2.05, 4.69) is 0 Å². The minimum atomic E-state index is -3.92. The number of hydrogen-bond donors (Lipinski definition) is 1. The van der Waals surface area contributed by atoms with Crippen LogP contribution >= 0.6 is 0 Å². The minimum absolute atomic E-state index is 0.0641. The highest BCUT2D eigenvalue weighted by Gasteiger charge is 2.51. The zero-order valence-corrected chi connectivity index (χ0v) is 14.6. The first-order valence-corrected chi connectivity index (χ1v) is 10.1. The van der Waals surface area contributed by atoms with Crippen LogP contribution in [0.5, 0.6) is 11.5 Å². The fourth-order valence-corrected chi connectivity index (χ4v) is 6.17. The van der Waals surface area contributed by atoms with Crippen LogP contribution in [0.25, 0.3) is 0 Å². The summed E-state index contributed by atoms with van der Waals surface area (Å²) in [4.78, 5) is 11.8. The van der Waals surface area contributed by atoms with Crippen molar-refractivity contribution in [3.05, 3.63) is 18.2 Å². The van der Waals surface area contributed by atoms with E-state index in [9.17, 15) is 18.3 Å². The normalized spacial score (nSPS) is 29.2. The summed E-state index contributed by atoms with van der Waals surface area (Å²) in [6.45, 7) is 0.790. The Hall–Kier alpha value is -1.80. The van der Waals surface area contributed by atoms with Crippen molar-refractivity contribution in [2.75, 3.05) is 13.2 Å². The Morgan fingerprint density at radius 1 is 1.12 bits per heavy atom. The largest absolute Gasteiger partial charge is 0.486 e. The van der Waals surface area contributed by atoms with Crippen LogP contribution in [-0.4, -0.2) is 49.1 Å². The Labute approximate surface area is 146 Å². The van der Waals surface area contributed by atoms with Crippen molar-refractivity contribution in [1.29, 1.82) is 0 Å². The van der Waals surface area contributed by atoms with Gasteiger partial charge in [-0.05, 0) is 37.3 Å². The van der Waals surface area contributed by atoms with Crippen molar-refractivity contribution >= 4 is 16.0 Å². The third-order valence-corrected chi connectivity index (χ3v) is 7.33. The van der Waals surface area contributed by atoms with Crippen molar-refractivity contribution in [2.45, 2.75) is 49.1 Å². The Kier molecular flexibility index (Phi) is 4.11. The molecule has 0 amide bonds. The SMILES string of the molecule is O=C(O)[C@H]1C[C@@H]2CCCC[C@@H]2N1S(=O)(=O)c1ccc2c(c1)OCCO2. The van der Waals surface area contributed by atoms with Gasteiger partial charge in [0.15, 0.2) is 11.5 Å². The maximum atomic E-state index is 13.3. The highest BCUT2D eigenvalue weighted by molar-refractivity contribution is 7.89. The van der Waals surface area contributed by atoms with Gasteiger partial charge < -0.3 is 14.6 Å². The van der Waals surface area contributed by atoms with Crippen LogP contribution in [0.2, 0.25) is 0 Å². The third kappa shape index (κ3) is 2.77. The predicted octanol–water partition coefficient (Wildman–Crippen LogP) is 1.86. The first-order chi connectivity index (χ1) is 12.0. The molecule has 4 rings (SSSR count). The van der Waals surface area contributed by atoms with E-state index in [0.29, 0.717) is 31.1 Å². The van der Waals surface area contributed by atoms with Crippen molar-refractivity contribution in [1.82, 2.24) is 4.31 Å². The number of fused-ring (bicyclic) bond motifs is 2. The molecule has 2 aliphatic heterocycles. The Morgan fingerprint density at radius 2 is 1.84 bits per heavy atom. The number of sulfonamides is 1. The van der Waals surface area contributed by atoms with Gasteiger partial charge in [0.25, 0.3) is 0 Å². The average Bonchev–Trinajstić information content (AvgIpc) is 3.02. The molecule has 0 spiro atoms. The molecule has 7 nitrogen and oxygen atoms in total. The molecule has 0 aromatic heterocycles. The van der Waals surface area contributed by atoms with Gasteiger partial charge in [-0.2, -0.15) is 4.31 Å². The Balaban J connectivity index is 1.73. The number of carboxylic acid groups (broad SMARTS) is 1. The number of carboxylic acids is 1. The maximum absolute atomic E-state index is 13.3. The number of rotatable bonds is 3. The number of nitrogens with zero attached hydrogens (tertiary/aromatic N) is 1. The molecule has 1 aromatic rings. The van der Waals surface area contributed by atoms with E-state index in [-0.39, 0.29) is 16.9 Å². The van der Waals surface area contributed by atoms with E-state index in [0.717, 1.165) is 25.7 Å². The fraction of sp³-hybridized carbons (Fsp3) is 0.588. The topological polar surface area (TPSA) is 93.1 Å². The van der Waals surface area contributed by atoms with Gasteiger partial charge in [0.05, 0.1) is 4.90 Å². The van der Waals surface area contributed by atoms with Gasteiger partial charge in [-0.3, -0.25) is 4.79 Å². The average molecular weight is 367 g/mol. The number of carbonyl (C=O) groups is 1. The fourth-order valence-electron chi connectivity index (χ4n) is 4.28. The summed E-state index contributed by atoms with van der Waals surface area (Å²) in [5, 5.41) is 9.58. The van der Waals surface area contributed by atoms with Gasteiger partial charge in [-0.25, -0.2) is 8.42 Å². The van der Waals surface area contributed by atoms with Gasteiger partial charge >= 0.3 is 5.97 Å². The van der Waals surface area contributed by atoms with Crippen molar-refractivity contribution < 1.29 is 27.8 Å². The van der Waals surface area contributed by atoms with Crippen molar-refractivity contribution in [3.63, 3.8) is 0 Å². The lowest BCUT2D eigenvalue weighted by Crippen LogP contribution is -2.46. The lowest BCUT2D eigenvalue weighted by Gasteiger charge is -2.32. The summed E-state index contributed by atoms with van der Waals surface area (Å²) in [5.41, 5.74) is 0. The van der Waals surface area contributed by atoms with E-state index in [1.54, 1.807) is 6.07 Å². The highest BCUT2D eigenvalue weighted by Crippen LogP contribution is 2.43. The minimum Gasteiger partial charge on any atom is -0.486 e. The van der Waals surface area contributed by atoms with E-state index in [1.165, 1.54) is 16.4 Å². The van der Waals surface area contributed by atoms with Gasteiger partial charge in [0.2, 0.25) is 10.0 Å². The summed E-state index contributed by atoms with van der Waals surface area (Å²) in [5.74, 6) is -0.0482. The molecule has 8 heteroatoms. The quantitative estimate of drug-likeness (QED) is 0.877. The summed E-state index contributed by atoms with van der Waals surface area (Å²) < 4.78 is 38.7. The monoisotopic (exact) mass is 367 g/mol. The molecule has 1 aromatic carbocycles. The lowest BCUT2D eigenvalue weighted by atomic mass is 9.85. The van der Waals surface area contributed by atoms with Crippen LogP contribution in [0.3, 0.4) is 0 Å². The summed E-state index contributed by atoms with van der Waals surface area (Å²) in [7, 11) is -3.92. The molecule has 136 valence electrons. The summed E-state index contributed by atoms with van der Waals surface area (Å²) in [6, 6.07) is 3.27. The van der Waals surface area contributed by atoms with Crippen molar-refractivity contribution in [3.8, 4) is 11.5 Å². The van der Waals surface area contributed by atoms with E-state index in [1.807, 2.05) is 0 Å². The van der Waals surface area contributed by atoms with E-state index >= 15 is 0 Å². The van der Waals surface area contributed by atoms with Crippen LogP contribution in [0.1, 0.15) is 32.1 Å². The molecule has 25 heavy (non-hydrogen) atoms. The van der Waals surface area contributed by atoms with E-state index in [4.69, 9.17) is 9.47 Å². The summed E-state index contributed by atoms with van der Waals surface area (Å²) in [6.07, 6.45) is 3.97. The zero-order valence-electron chi connectivity index (χ0n) is 13.8. The van der Waals surface area contributed by atoms with Crippen LogP contribution in [0.15, 0.2) is 23.1 Å². The second-order valence-corrected chi connectivity index (χ2v) is 8.69.